The van der Waals surface area contributed by atoms with E-state index >= 15 is 0 Å². The van der Waals surface area contributed by atoms with Gasteiger partial charge in [0.1, 0.15) is 5.56 Å². The number of amides is 1. The van der Waals surface area contributed by atoms with Crippen molar-refractivity contribution in [3.05, 3.63) is 17.5 Å². The number of carbonyl (C=O) groups excluding carboxylic acids is 1. The van der Waals surface area contributed by atoms with Crippen LogP contribution in [0.2, 0.25) is 0 Å². The van der Waals surface area contributed by atoms with Crippen LogP contribution >= 0.6 is 0 Å². The van der Waals surface area contributed by atoms with Gasteiger partial charge in [0.25, 0.3) is 0 Å². The second-order valence-corrected chi connectivity index (χ2v) is 3.86. The molecule has 6 heteroatoms. The highest BCUT2D eigenvalue weighted by Crippen LogP contribution is 2.27. The highest BCUT2D eigenvalue weighted by Gasteiger charge is 2.31. The molecule has 1 aromatic heterocycles. The quantitative estimate of drug-likeness (QED) is 0.752. The van der Waals surface area contributed by atoms with Crippen LogP contribution in [0.5, 0.6) is 0 Å². The summed E-state index contributed by atoms with van der Waals surface area (Å²) in [6.45, 7) is 4.43. The standard InChI is InChI=1S/C10H13N3O3/c1-6-9-8(10(15)16)5-11-13(9)4-3-12(6)7(2)14/h5-6H,3-4H2,1-2H3,(H,15,16). The van der Waals surface area contributed by atoms with Gasteiger partial charge in [-0.25, -0.2) is 4.79 Å². The maximum absolute atomic E-state index is 11.4. The van der Waals surface area contributed by atoms with Crippen molar-refractivity contribution in [1.82, 2.24) is 14.7 Å². The van der Waals surface area contributed by atoms with Crippen LogP contribution in [0.4, 0.5) is 0 Å². The van der Waals surface area contributed by atoms with Crippen molar-refractivity contribution in [3.63, 3.8) is 0 Å². The van der Waals surface area contributed by atoms with Crippen LogP contribution in [0.25, 0.3) is 0 Å². The summed E-state index contributed by atoms with van der Waals surface area (Å²) in [6, 6.07) is -0.236. The molecule has 1 unspecified atom stereocenters. The molecule has 1 N–H and O–H groups in total. The lowest BCUT2D eigenvalue weighted by Gasteiger charge is -2.33. The molecule has 1 aliphatic rings. The van der Waals surface area contributed by atoms with Crippen LogP contribution in [-0.4, -0.2) is 38.2 Å². The van der Waals surface area contributed by atoms with Gasteiger partial charge < -0.3 is 10.0 Å². The van der Waals surface area contributed by atoms with E-state index < -0.39 is 5.97 Å². The number of fused-ring (bicyclic) bond motifs is 1. The number of hydrogen-bond donors (Lipinski definition) is 1. The third-order valence-corrected chi connectivity index (χ3v) is 2.93. The minimum absolute atomic E-state index is 0.0451. The van der Waals surface area contributed by atoms with Gasteiger partial charge in [-0.3, -0.25) is 9.48 Å². The fourth-order valence-corrected chi connectivity index (χ4v) is 2.15. The predicted octanol–water partition coefficient (Wildman–Crippen LogP) is 0.504. The van der Waals surface area contributed by atoms with E-state index in [-0.39, 0.29) is 17.5 Å². The maximum atomic E-state index is 11.4. The Morgan fingerprint density at radius 1 is 1.50 bits per heavy atom. The fraction of sp³-hybridized carbons (Fsp3) is 0.500. The van der Waals surface area contributed by atoms with Gasteiger partial charge in [0.05, 0.1) is 24.5 Å². The van der Waals surface area contributed by atoms with Gasteiger partial charge in [0.2, 0.25) is 5.91 Å². The third kappa shape index (κ3) is 1.46. The highest BCUT2D eigenvalue weighted by molar-refractivity contribution is 5.89. The van der Waals surface area contributed by atoms with Crippen LogP contribution in [0, 0.1) is 0 Å². The molecule has 1 aromatic rings. The van der Waals surface area contributed by atoms with E-state index in [9.17, 15) is 9.59 Å². The van der Waals surface area contributed by atoms with Crippen molar-refractivity contribution in [2.24, 2.45) is 0 Å². The molecular formula is C10H13N3O3. The summed E-state index contributed by atoms with van der Waals surface area (Å²) in [5.41, 5.74) is 0.785. The number of rotatable bonds is 1. The van der Waals surface area contributed by atoms with Crippen molar-refractivity contribution in [2.75, 3.05) is 6.54 Å². The first kappa shape index (κ1) is 10.7. The van der Waals surface area contributed by atoms with E-state index in [1.165, 1.54) is 13.1 Å². The van der Waals surface area contributed by atoms with Crippen molar-refractivity contribution in [2.45, 2.75) is 26.4 Å². The van der Waals surface area contributed by atoms with E-state index in [1.807, 2.05) is 6.92 Å². The van der Waals surface area contributed by atoms with Gasteiger partial charge in [-0.2, -0.15) is 5.10 Å². The highest BCUT2D eigenvalue weighted by atomic mass is 16.4. The number of carboxylic acid groups (broad SMARTS) is 1. The van der Waals surface area contributed by atoms with Gasteiger partial charge >= 0.3 is 5.97 Å². The number of carboxylic acids is 1. The van der Waals surface area contributed by atoms with Crippen LogP contribution in [0.1, 0.15) is 35.9 Å². The van der Waals surface area contributed by atoms with Crippen molar-refractivity contribution in [1.29, 1.82) is 0 Å². The Bertz CT molecular complexity index is 452. The van der Waals surface area contributed by atoms with Crippen molar-refractivity contribution >= 4 is 11.9 Å². The van der Waals surface area contributed by atoms with Crippen molar-refractivity contribution < 1.29 is 14.7 Å². The number of aromatic nitrogens is 2. The summed E-state index contributed by atoms with van der Waals surface area (Å²) in [5, 5.41) is 13.0. The lowest BCUT2D eigenvalue weighted by Crippen LogP contribution is -2.40. The van der Waals surface area contributed by atoms with E-state index in [0.717, 1.165) is 0 Å². The first-order chi connectivity index (χ1) is 7.52. The molecule has 0 radical (unpaired) electrons. The van der Waals surface area contributed by atoms with Crippen LogP contribution in [-0.2, 0) is 11.3 Å². The molecule has 86 valence electrons. The fourth-order valence-electron chi connectivity index (χ4n) is 2.15. The third-order valence-electron chi connectivity index (χ3n) is 2.93. The zero-order valence-corrected chi connectivity index (χ0v) is 9.17. The normalized spacial score (nSPS) is 19.4. The summed E-state index contributed by atoms with van der Waals surface area (Å²) < 4.78 is 1.66. The molecule has 0 aliphatic carbocycles. The van der Waals surface area contributed by atoms with Gasteiger partial charge in [-0.1, -0.05) is 0 Å². The number of hydrogen-bond acceptors (Lipinski definition) is 3. The zero-order chi connectivity index (χ0) is 11.9. The summed E-state index contributed by atoms with van der Waals surface area (Å²) in [6.07, 6.45) is 1.35. The predicted molar refractivity (Wildman–Crippen MR) is 55.0 cm³/mol. The number of nitrogens with zero attached hydrogens (tertiary/aromatic N) is 3. The largest absolute Gasteiger partial charge is 0.478 e. The Morgan fingerprint density at radius 2 is 2.19 bits per heavy atom. The van der Waals surface area contributed by atoms with Crippen LogP contribution in [0.15, 0.2) is 6.20 Å². The summed E-state index contributed by atoms with van der Waals surface area (Å²) >= 11 is 0. The molecule has 0 bridgehead atoms. The molecule has 2 heterocycles. The molecule has 1 amide bonds. The second kappa shape index (κ2) is 3.62. The lowest BCUT2D eigenvalue weighted by atomic mass is 10.1. The molecular weight excluding hydrogens is 210 g/mol. The molecule has 16 heavy (non-hydrogen) atoms. The Kier molecular flexibility index (Phi) is 2.41. The molecule has 0 aromatic carbocycles. The average Bonchev–Trinajstić information content (AvgIpc) is 2.61. The summed E-state index contributed by atoms with van der Waals surface area (Å²) in [5.74, 6) is -1.05. The second-order valence-electron chi connectivity index (χ2n) is 3.86. The number of carbonyl (C=O) groups is 2. The van der Waals surface area contributed by atoms with Gasteiger partial charge in [0, 0.05) is 13.5 Å². The van der Waals surface area contributed by atoms with E-state index in [4.69, 9.17) is 5.11 Å². The number of aromatic carboxylic acids is 1. The molecule has 1 aliphatic heterocycles. The topological polar surface area (TPSA) is 75.4 Å². The molecule has 2 rings (SSSR count). The molecule has 0 spiro atoms. The van der Waals surface area contributed by atoms with E-state index in [2.05, 4.69) is 5.10 Å². The first-order valence-electron chi connectivity index (χ1n) is 5.08. The minimum Gasteiger partial charge on any atom is -0.478 e. The Morgan fingerprint density at radius 3 is 2.75 bits per heavy atom. The van der Waals surface area contributed by atoms with Crippen LogP contribution in [0.3, 0.4) is 0 Å². The maximum Gasteiger partial charge on any atom is 0.339 e. The van der Waals surface area contributed by atoms with E-state index in [0.29, 0.717) is 18.8 Å². The smallest absolute Gasteiger partial charge is 0.339 e. The molecule has 0 saturated carbocycles. The summed E-state index contributed by atoms with van der Waals surface area (Å²) in [7, 11) is 0. The SMILES string of the molecule is CC(=O)N1CCn2ncc(C(=O)O)c2C1C. The van der Waals surface area contributed by atoms with E-state index in [1.54, 1.807) is 9.58 Å². The average molecular weight is 223 g/mol. The Balaban J connectivity index is 2.45. The summed E-state index contributed by atoms with van der Waals surface area (Å²) in [4.78, 5) is 24.0. The molecule has 6 nitrogen and oxygen atoms in total. The lowest BCUT2D eigenvalue weighted by molar-refractivity contribution is -0.132. The first-order valence-corrected chi connectivity index (χ1v) is 5.08. The van der Waals surface area contributed by atoms with Crippen molar-refractivity contribution in [3.8, 4) is 0 Å². The zero-order valence-electron chi connectivity index (χ0n) is 9.17. The monoisotopic (exact) mass is 223 g/mol. The Labute approximate surface area is 92.5 Å². The van der Waals surface area contributed by atoms with Gasteiger partial charge in [-0.15, -0.1) is 0 Å². The molecule has 0 fully saturated rings. The molecule has 1 atom stereocenters. The Hall–Kier alpha value is -1.85. The van der Waals surface area contributed by atoms with Crippen LogP contribution < -0.4 is 0 Å². The van der Waals surface area contributed by atoms with Gasteiger partial charge in [0.15, 0.2) is 0 Å². The molecule has 0 saturated heterocycles. The minimum atomic E-state index is -1.00. The van der Waals surface area contributed by atoms with Gasteiger partial charge in [-0.05, 0) is 6.92 Å².